The topological polar surface area (TPSA) is 121 Å². The van der Waals surface area contributed by atoms with E-state index < -0.39 is 11.4 Å². The highest BCUT2D eigenvalue weighted by Crippen LogP contribution is 2.16. The lowest BCUT2D eigenvalue weighted by molar-refractivity contribution is 0.0917. The minimum Gasteiger partial charge on any atom is -0.409 e. The molecule has 0 radical (unpaired) electrons. The van der Waals surface area contributed by atoms with Crippen LogP contribution in [0.2, 0.25) is 0 Å². The van der Waals surface area contributed by atoms with Gasteiger partial charge in [0.2, 0.25) is 5.56 Å². The molecule has 19 heavy (non-hydrogen) atoms. The number of H-pyrrole nitrogens is 1. The first kappa shape index (κ1) is 14.7. The van der Waals surface area contributed by atoms with Crippen molar-refractivity contribution >= 4 is 11.7 Å². The molecule has 0 aromatic carbocycles. The molecular formula is C12H18N4O3. The summed E-state index contributed by atoms with van der Waals surface area (Å²) in [6.45, 7) is 3.66. The average Bonchev–Trinajstić information content (AvgIpc) is 2.44. The summed E-state index contributed by atoms with van der Waals surface area (Å²) >= 11 is 0. The quantitative estimate of drug-likeness (QED) is 0.267. The van der Waals surface area contributed by atoms with Gasteiger partial charge < -0.3 is 21.2 Å². The summed E-state index contributed by atoms with van der Waals surface area (Å²) in [4.78, 5) is 25.4. The number of amides is 1. The molecule has 0 unspecified atom stereocenters. The zero-order valence-corrected chi connectivity index (χ0v) is 10.9. The van der Waals surface area contributed by atoms with E-state index in [1.54, 1.807) is 0 Å². The van der Waals surface area contributed by atoms with Gasteiger partial charge in [0.05, 0.1) is 5.56 Å². The normalized spacial score (nSPS) is 12.2. The maximum absolute atomic E-state index is 12.1. The molecular weight excluding hydrogens is 248 g/mol. The highest BCUT2D eigenvalue weighted by atomic mass is 16.4. The molecule has 0 fully saturated rings. The number of rotatable bonds is 5. The van der Waals surface area contributed by atoms with E-state index in [0.29, 0.717) is 18.4 Å². The van der Waals surface area contributed by atoms with Gasteiger partial charge in [-0.25, -0.2) is 0 Å². The zero-order chi connectivity index (χ0) is 14.5. The predicted molar refractivity (Wildman–Crippen MR) is 71.3 cm³/mol. The number of nitrogens with zero attached hydrogens (tertiary/aromatic N) is 1. The number of carbonyl (C=O) groups is 1. The second-order valence-corrected chi connectivity index (χ2v) is 4.17. The summed E-state index contributed by atoms with van der Waals surface area (Å²) < 4.78 is 0. The first-order chi connectivity index (χ1) is 8.99. The lowest BCUT2D eigenvalue weighted by atomic mass is 9.91. The van der Waals surface area contributed by atoms with Crippen molar-refractivity contribution in [1.82, 2.24) is 10.3 Å². The highest BCUT2D eigenvalue weighted by Gasteiger charge is 2.33. The molecule has 7 heteroatoms. The maximum Gasteiger partial charge on any atom is 0.253 e. The van der Waals surface area contributed by atoms with Gasteiger partial charge in [-0.05, 0) is 18.9 Å². The van der Waals surface area contributed by atoms with Gasteiger partial charge in [0, 0.05) is 12.3 Å². The number of nitrogens with one attached hydrogen (secondary N) is 2. The van der Waals surface area contributed by atoms with Crippen molar-refractivity contribution in [3.8, 4) is 0 Å². The van der Waals surface area contributed by atoms with E-state index in [9.17, 15) is 9.59 Å². The molecule has 0 atom stereocenters. The number of carbonyl (C=O) groups excluding carboxylic acids is 1. The Hall–Kier alpha value is -2.31. The molecule has 0 aliphatic carbocycles. The predicted octanol–water partition coefficient (Wildman–Crippen LogP) is 0.410. The fraction of sp³-hybridized carbons (Fsp3) is 0.417. The van der Waals surface area contributed by atoms with Crippen molar-refractivity contribution in [2.45, 2.75) is 32.2 Å². The Morgan fingerprint density at radius 3 is 2.53 bits per heavy atom. The van der Waals surface area contributed by atoms with E-state index in [-0.39, 0.29) is 11.4 Å². The summed E-state index contributed by atoms with van der Waals surface area (Å²) in [6.07, 6.45) is 2.28. The third-order valence-corrected chi connectivity index (χ3v) is 3.20. The summed E-state index contributed by atoms with van der Waals surface area (Å²) in [5.74, 6) is -0.443. The molecule has 1 rings (SSSR count). The van der Waals surface area contributed by atoms with Gasteiger partial charge in [-0.1, -0.05) is 19.0 Å². The summed E-state index contributed by atoms with van der Waals surface area (Å²) in [5.41, 5.74) is 4.77. The van der Waals surface area contributed by atoms with Crippen molar-refractivity contribution in [2.24, 2.45) is 10.9 Å². The Morgan fingerprint density at radius 1 is 1.47 bits per heavy atom. The molecule has 104 valence electrons. The van der Waals surface area contributed by atoms with Crippen molar-refractivity contribution in [3.05, 3.63) is 34.2 Å². The van der Waals surface area contributed by atoms with Gasteiger partial charge >= 0.3 is 0 Å². The van der Waals surface area contributed by atoms with Gasteiger partial charge in [-0.3, -0.25) is 9.59 Å². The van der Waals surface area contributed by atoms with Crippen molar-refractivity contribution in [2.75, 3.05) is 0 Å². The van der Waals surface area contributed by atoms with Gasteiger partial charge in [0.25, 0.3) is 5.91 Å². The number of hydrogen-bond donors (Lipinski definition) is 4. The molecule has 7 nitrogen and oxygen atoms in total. The monoisotopic (exact) mass is 266 g/mol. The van der Waals surface area contributed by atoms with Crippen LogP contribution in [0.5, 0.6) is 0 Å². The van der Waals surface area contributed by atoms with Crippen LogP contribution in [0.15, 0.2) is 28.3 Å². The maximum atomic E-state index is 12.1. The first-order valence-corrected chi connectivity index (χ1v) is 5.98. The van der Waals surface area contributed by atoms with Gasteiger partial charge in [0.15, 0.2) is 5.84 Å². The second kappa shape index (κ2) is 6.03. The van der Waals surface area contributed by atoms with E-state index in [2.05, 4.69) is 15.5 Å². The van der Waals surface area contributed by atoms with Crippen LogP contribution >= 0.6 is 0 Å². The molecule has 1 aromatic heterocycles. The van der Waals surface area contributed by atoms with Crippen LogP contribution in [0.1, 0.15) is 37.0 Å². The molecule has 1 heterocycles. The minimum absolute atomic E-state index is 0.0460. The van der Waals surface area contributed by atoms with Crippen molar-refractivity contribution < 1.29 is 10.0 Å². The molecule has 0 saturated heterocycles. The fourth-order valence-electron chi connectivity index (χ4n) is 1.79. The number of aromatic amines is 1. The van der Waals surface area contributed by atoms with Crippen LogP contribution < -0.4 is 16.6 Å². The minimum atomic E-state index is -0.901. The van der Waals surface area contributed by atoms with Crippen LogP contribution in [-0.4, -0.2) is 27.5 Å². The Morgan fingerprint density at radius 2 is 2.11 bits per heavy atom. The van der Waals surface area contributed by atoms with E-state index in [4.69, 9.17) is 10.9 Å². The number of pyridine rings is 1. The van der Waals surface area contributed by atoms with Crippen LogP contribution in [0, 0.1) is 0 Å². The smallest absolute Gasteiger partial charge is 0.253 e. The first-order valence-electron chi connectivity index (χ1n) is 5.98. The van der Waals surface area contributed by atoms with Crippen molar-refractivity contribution in [3.63, 3.8) is 0 Å². The van der Waals surface area contributed by atoms with Crippen LogP contribution in [0.4, 0.5) is 0 Å². The second-order valence-electron chi connectivity index (χ2n) is 4.17. The largest absolute Gasteiger partial charge is 0.409 e. The summed E-state index contributed by atoms with van der Waals surface area (Å²) in [7, 11) is 0. The third kappa shape index (κ3) is 3.12. The molecule has 5 N–H and O–H groups in total. The number of amidine groups is 1. The van der Waals surface area contributed by atoms with Gasteiger partial charge in [-0.15, -0.1) is 0 Å². The summed E-state index contributed by atoms with van der Waals surface area (Å²) in [6, 6.07) is 2.68. The molecule has 1 amide bonds. The standard InChI is InChI=1S/C12H18N4O3/c1-3-12(4-2,11(13)16-19)15-10(18)8-5-6-9(17)14-7-8/h5-7,19H,3-4H2,1-2H3,(H2,13,16)(H,14,17)(H,15,18). The van der Waals surface area contributed by atoms with Crippen LogP contribution in [0.25, 0.3) is 0 Å². The highest BCUT2D eigenvalue weighted by molar-refractivity contribution is 6.00. The number of oxime groups is 1. The van der Waals surface area contributed by atoms with E-state index >= 15 is 0 Å². The summed E-state index contributed by atoms with van der Waals surface area (Å²) in [5, 5.41) is 14.5. The number of nitrogens with two attached hydrogens (primary N) is 1. The van der Waals surface area contributed by atoms with Crippen LogP contribution in [0.3, 0.4) is 0 Å². The van der Waals surface area contributed by atoms with Gasteiger partial charge in [0.1, 0.15) is 5.54 Å². The third-order valence-electron chi connectivity index (χ3n) is 3.20. The lowest BCUT2D eigenvalue weighted by Gasteiger charge is -2.31. The number of hydrogen-bond acceptors (Lipinski definition) is 4. The Bertz CT molecular complexity index is 512. The molecule has 0 aliphatic rings. The fourth-order valence-corrected chi connectivity index (χ4v) is 1.79. The van der Waals surface area contributed by atoms with Crippen molar-refractivity contribution in [1.29, 1.82) is 0 Å². The molecule has 1 aromatic rings. The SMILES string of the molecule is CCC(CC)(NC(=O)c1ccc(=O)[nH]c1)/C(N)=N/O. The Balaban J connectivity index is 3.00. The molecule has 0 spiro atoms. The zero-order valence-electron chi connectivity index (χ0n) is 10.9. The molecule has 0 bridgehead atoms. The average molecular weight is 266 g/mol. The van der Waals surface area contributed by atoms with Gasteiger partial charge in [-0.2, -0.15) is 0 Å². The molecule has 0 saturated carbocycles. The molecule has 0 aliphatic heterocycles. The lowest BCUT2D eigenvalue weighted by Crippen LogP contribution is -2.56. The van der Waals surface area contributed by atoms with E-state index in [1.165, 1.54) is 18.3 Å². The Kier molecular flexibility index (Phi) is 4.68. The van der Waals surface area contributed by atoms with E-state index in [1.807, 2.05) is 13.8 Å². The number of aromatic nitrogens is 1. The van der Waals surface area contributed by atoms with E-state index in [0.717, 1.165) is 0 Å². The Labute approximate surface area is 110 Å². The van der Waals surface area contributed by atoms with Crippen LogP contribution in [-0.2, 0) is 0 Å².